The molecule has 2 aromatic rings. The zero-order valence-electron chi connectivity index (χ0n) is 31.4. The van der Waals surface area contributed by atoms with Gasteiger partial charge in [0.2, 0.25) is 45.5 Å². The van der Waals surface area contributed by atoms with Crippen LogP contribution in [0.1, 0.15) is 58.9 Å². The van der Waals surface area contributed by atoms with Gasteiger partial charge in [0.25, 0.3) is 5.69 Å². The van der Waals surface area contributed by atoms with E-state index in [2.05, 4.69) is 26.6 Å². The fourth-order valence-corrected chi connectivity index (χ4v) is 6.68. The second-order valence-electron chi connectivity index (χ2n) is 13.1. The molecule has 20 nitrogen and oxygen atoms in total. The third-order valence-electron chi connectivity index (χ3n) is 8.19. The van der Waals surface area contributed by atoms with Crippen LogP contribution in [0.2, 0.25) is 0 Å². The summed E-state index contributed by atoms with van der Waals surface area (Å²) in [6.07, 6.45) is -0.385. The molecule has 6 amide bonds. The van der Waals surface area contributed by atoms with Gasteiger partial charge in [0, 0.05) is 32.1 Å². The molecule has 8 N–H and O–H groups in total. The first-order valence-corrected chi connectivity index (χ1v) is 18.9. The lowest BCUT2D eigenvalue weighted by molar-refractivity contribution is -0.384. The summed E-state index contributed by atoms with van der Waals surface area (Å²) in [4.78, 5) is 96.8. The van der Waals surface area contributed by atoms with E-state index in [4.69, 9.17) is 5.73 Å². The van der Waals surface area contributed by atoms with Gasteiger partial charge in [-0.3, -0.25) is 43.7 Å². The molecule has 4 atom stereocenters. The molecule has 0 radical (unpaired) electrons. The monoisotopic (exact) mass is 804 g/mol. The average molecular weight is 805 g/mol. The Morgan fingerprint density at radius 1 is 0.839 bits per heavy atom. The molecule has 0 fully saturated rings. The largest absolute Gasteiger partial charge is 0.480 e. The van der Waals surface area contributed by atoms with Gasteiger partial charge in [0.05, 0.1) is 22.8 Å². The number of hydrogen-bond donors (Lipinski definition) is 7. The topological polar surface area (TPSA) is 306 Å². The summed E-state index contributed by atoms with van der Waals surface area (Å²) in [7, 11) is -4.19. The van der Waals surface area contributed by atoms with Crippen LogP contribution in [0.15, 0.2) is 59.5 Å². The van der Waals surface area contributed by atoms with Gasteiger partial charge < -0.3 is 37.4 Å². The summed E-state index contributed by atoms with van der Waals surface area (Å²) >= 11 is 0. The Morgan fingerprint density at radius 2 is 1.46 bits per heavy atom. The van der Waals surface area contributed by atoms with E-state index in [0.717, 1.165) is 31.2 Å². The third kappa shape index (κ3) is 15.1. The van der Waals surface area contributed by atoms with E-state index in [1.165, 1.54) is 11.2 Å². The number of nitrogens with one attached hydrogen (secondary N) is 5. The van der Waals surface area contributed by atoms with Crippen LogP contribution in [0, 0.1) is 16.0 Å². The number of carboxylic acids is 1. The van der Waals surface area contributed by atoms with E-state index < -0.39 is 99.4 Å². The molecule has 2 rings (SSSR count). The zero-order valence-corrected chi connectivity index (χ0v) is 32.2. The van der Waals surface area contributed by atoms with Crippen molar-refractivity contribution in [3.05, 3.63) is 70.3 Å². The Hall–Kier alpha value is -5.96. The number of rotatable bonds is 23. The van der Waals surface area contributed by atoms with E-state index in [9.17, 15) is 57.2 Å². The second kappa shape index (κ2) is 21.8. The van der Waals surface area contributed by atoms with Crippen molar-refractivity contribution in [3.63, 3.8) is 0 Å². The van der Waals surface area contributed by atoms with Crippen molar-refractivity contribution in [1.29, 1.82) is 0 Å². The van der Waals surface area contributed by atoms with Crippen LogP contribution in [-0.2, 0) is 50.1 Å². The number of amides is 6. The summed E-state index contributed by atoms with van der Waals surface area (Å²) in [5.74, 6) is -6.82. The fraction of sp³-hybridized carbons (Fsp3) is 0.457. The Labute approximate surface area is 323 Å². The predicted molar refractivity (Wildman–Crippen MR) is 199 cm³/mol. The maximum absolute atomic E-state index is 13.7. The molecule has 2 aromatic carbocycles. The lowest BCUT2D eigenvalue weighted by Crippen LogP contribution is -2.57. The summed E-state index contributed by atoms with van der Waals surface area (Å²) in [6.45, 7) is 4.69. The smallest absolute Gasteiger partial charge is 0.325 e. The quantitative estimate of drug-likeness (QED) is 0.0432. The maximum Gasteiger partial charge on any atom is 0.325 e. The highest BCUT2D eigenvalue weighted by atomic mass is 32.2. The van der Waals surface area contributed by atoms with Gasteiger partial charge in [-0.05, 0) is 49.8 Å². The molecular weight excluding hydrogens is 756 g/mol. The number of nitrogens with two attached hydrogens (primary N) is 1. The van der Waals surface area contributed by atoms with Gasteiger partial charge >= 0.3 is 5.97 Å². The highest BCUT2D eigenvalue weighted by Gasteiger charge is 2.31. The van der Waals surface area contributed by atoms with Crippen molar-refractivity contribution < 1.29 is 52.0 Å². The van der Waals surface area contributed by atoms with Crippen molar-refractivity contribution in [2.45, 2.75) is 89.0 Å². The van der Waals surface area contributed by atoms with Crippen LogP contribution in [0.4, 0.5) is 5.69 Å². The number of sulfonamides is 1. The first-order valence-electron chi connectivity index (χ1n) is 17.5. The number of carbonyl (C=O) groups excluding carboxylic acids is 6. The van der Waals surface area contributed by atoms with Crippen molar-refractivity contribution in [1.82, 2.24) is 30.9 Å². The van der Waals surface area contributed by atoms with E-state index in [-0.39, 0.29) is 42.9 Å². The lowest BCUT2D eigenvalue weighted by atomic mass is 10.0. The summed E-state index contributed by atoms with van der Waals surface area (Å²) in [5.41, 5.74) is 5.51. The molecule has 0 unspecified atom stereocenters. The van der Waals surface area contributed by atoms with Gasteiger partial charge in [0.15, 0.2) is 0 Å². The van der Waals surface area contributed by atoms with Crippen molar-refractivity contribution in [2.24, 2.45) is 11.7 Å². The molecule has 0 aliphatic rings. The molecular formula is C35H48N8O12S. The third-order valence-corrected chi connectivity index (χ3v) is 10.0. The van der Waals surface area contributed by atoms with Crippen LogP contribution < -0.4 is 32.3 Å². The van der Waals surface area contributed by atoms with Gasteiger partial charge in [0.1, 0.15) is 24.2 Å². The second-order valence-corrected chi connectivity index (χ2v) is 15.1. The number of nitro groups is 1. The molecule has 0 aromatic heterocycles. The number of hydrogen-bond acceptors (Lipinski definition) is 11. The number of carbonyl (C=O) groups is 7. The summed E-state index contributed by atoms with van der Waals surface area (Å²) in [6, 6.07) is 7.82. The number of nitro benzene ring substituents is 1. The normalized spacial score (nSPS) is 13.4. The summed E-state index contributed by atoms with van der Waals surface area (Å²) < 4.78 is 28.6. The van der Waals surface area contributed by atoms with Crippen LogP contribution in [0.3, 0.4) is 0 Å². The minimum absolute atomic E-state index is 0.0598. The molecule has 0 bridgehead atoms. The molecule has 0 spiro atoms. The molecule has 0 heterocycles. The Morgan fingerprint density at radius 3 is 2.00 bits per heavy atom. The number of nitrogens with zero attached hydrogens (tertiary/aromatic N) is 2. The number of primary amides is 1. The first-order chi connectivity index (χ1) is 26.2. The van der Waals surface area contributed by atoms with E-state index >= 15 is 0 Å². The predicted octanol–water partition coefficient (Wildman–Crippen LogP) is -0.333. The SMILES string of the molecule is CC(=O)N[C@@H](CC(N)=O)C(=O)NCC(=O)N[C@@H](CCCCN(Cc1ccccc1)S(=O)(=O)c1ccc([N+](=O)[O-])cc1)C(=O)N[C@H](C(=O)N[C@@H](C)C(=O)O)C(C)C. The highest BCUT2D eigenvalue weighted by Crippen LogP contribution is 2.22. The van der Waals surface area contributed by atoms with E-state index in [1.807, 2.05) is 0 Å². The first kappa shape index (κ1) is 46.2. The average Bonchev–Trinajstić information content (AvgIpc) is 3.12. The molecule has 56 heavy (non-hydrogen) atoms. The highest BCUT2D eigenvalue weighted by molar-refractivity contribution is 7.89. The number of benzene rings is 2. The molecule has 21 heteroatoms. The molecule has 0 saturated carbocycles. The Bertz CT molecular complexity index is 1830. The van der Waals surface area contributed by atoms with Crippen molar-refractivity contribution in [3.8, 4) is 0 Å². The van der Waals surface area contributed by atoms with E-state index in [0.29, 0.717) is 5.56 Å². The van der Waals surface area contributed by atoms with Crippen LogP contribution in [0.25, 0.3) is 0 Å². The molecule has 0 aliphatic carbocycles. The minimum Gasteiger partial charge on any atom is -0.480 e. The van der Waals surface area contributed by atoms with Crippen LogP contribution in [0.5, 0.6) is 0 Å². The molecule has 0 aliphatic heterocycles. The number of unbranched alkanes of at least 4 members (excludes halogenated alkanes) is 1. The Kier molecular flexibility index (Phi) is 18.0. The van der Waals surface area contributed by atoms with E-state index in [1.54, 1.807) is 44.2 Å². The van der Waals surface area contributed by atoms with Crippen LogP contribution in [-0.4, -0.2) is 101 Å². The molecule has 306 valence electrons. The van der Waals surface area contributed by atoms with Gasteiger partial charge in [-0.15, -0.1) is 0 Å². The van der Waals surface area contributed by atoms with Crippen molar-refractivity contribution >= 4 is 57.1 Å². The maximum atomic E-state index is 13.7. The number of non-ortho nitro benzene ring substituents is 1. The zero-order chi connectivity index (χ0) is 42.2. The van der Waals surface area contributed by atoms with Gasteiger partial charge in [-0.1, -0.05) is 44.2 Å². The minimum atomic E-state index is -4.19. The van der Waals surface area contributed by atoms with Gasteiger partial charge in [-0.25, -0.2) is 8.42 Å². The number of aliphatic carboxylic acids is 1. The lowest BCUT2D eigenvalue weighted by Gasteiger charge is -2.26. The molecule has 0 saturated heterocycles. The summed E-state index contributed by atoms with van der Waals surface area (Å²) in [5, 5.41) is 32.2. The Balaban J connectivity index is 2.30. The van der Waals surface area contributed by atoms with Crippen molar-refractivity contribution in [2.75, 3.05) is 13.1 Å². The fourth-order valence-electron chi connectivity index (χ4n) is 5.21. The standard InChI is InChI=1S/C35H48N8O12S/c1-21(2)31(34(49)38-22(3)35(50)51)41-33(48)27(40-30(46)19-37-32(47)28(18-29(36)45)39-23(4)44)12-8-9-17-42(20-24-10-6-5-7-11-24)56(54,55)26-15-13-25(14-16-26)43(52)53/h5-7,10-11,13-16,21-22,27-28,31H,8-9,12,17-20H2,1-4H3,(H2,36,45)(H,37,47)(H,38,49)(H,39,44)(H,40,46)(H,41,48)(H,50,51)/t22-,27-,28-,31-/m0/s1. The van der Waals surface area contributed by atoms with Crippen LogP contribution >= 0.6 is 0 Å². The number of carboxylic acid groups (broad SMARTS) is 1. The van der Waals surface area contributed by atoms with Gasteiger partial charge in [-0.2, -0.15) is 4.31 Å².